The zero-order valence-corrected chi connectivity index (χ0v) is 32.2. The van der Waals surface area contributed by atoms with E-state index >= 15 is 0 Å². The van der Waals surface area contributed by atoms with Gasteiger partial charge in [0.1, 0.15) is 12.1 Å². The van der Waals surface area contributed by atoms with E-state index in [0.29, 0.717) is 22.5 Å². The molecule has 266 valence electrons. The van der Waals surface area contributed by atoms with Crippen LogP contribution in [0.15, 0.2) is 158 Å². The van der Waals surface area contributed by atoms with Crippen molar-refractivity contribution in [1.29, 1.82) is 10.5 Å². The summed E-state index contributed by atoms with van der Waals surface area (Å²) in [5.74, 6) is 0. The molecule has 0 saturated carbocycles. The number of benzene rings is 9. The molecule has 0 bridgehead atoms. The minimum absolute atomic E-state index is 0.496. The highest BCUT2D eigenvalue weighted by Crippen LogP contribution is 2.48. The molecule has 0 N–H and O–H groups in total. The molecule has 0 unspecified atom stereocenters. The Morgan fingerprint density at radius 1 is 0.362 bits per heavy atom. The van der Waals surface area contributed by atoms with Crippen LogP contribution in [0.5, 0.6) is 0 Å². The standard InChI is InChI=1S/C52H26N4S2/c53-27-31-26-42(56-40-22-18-30-10-2-4-12-34(30)48(40)38-20-24-46-50(52(38)56)36-14-6-8-16-44(36)58-46)32(28-54)25-41(31)55-39-21-17-29-9-1-3-11-33(29)47(39)37-19-23-45-49(51(37)55)35-13-5-7-15-43(35)57-45/h1-26H. The summed E-state index contributed by atoms with van der Waals surface area (Å²) in [5.41, 5.74) is 6.47. The van der Waals surface area contributed by atoms with E-state index < -0.39 is 0 Å². The smallest absolute Gasteiger partial charge is 0.101 e. The Morgan fingerprint density at radius 2 is 0.776 bits per heavy atom. The summed E-state index contributed by atoms with van der Waals surface area (Å²) in [6, 6.07) is 61.0. The van der Waals surface area contributed by atoms with Gasteiger partial charge in [-0.05, 0) is 70.1 Å². The molecule has 0 aliphatic rings. The fraction of sp³-hybridized carbons (Fsp3) is 0. The van der Waals surface area contributed by atoms with Gasteiger partial charge in [-0.1, -0.05) is 109 Å². The second-order valence-electron chi connectivity index (χ2n) is 15.0. The summed E-state index contributed by atoms with van der Waals surface area (Å²) in [4.78, 5) is 0. The van der Waals surface area contributed by atoms with Gasteiger partial charge in [0, 0.05) is 61.9 Å². The van der Waals surface area contributed by atoms with Crippen molar-refractivity contribution in [3.8, 4) is 23.5 Å². The molecule has 13 aromatic rings. The second kappa shape index (κ2) is 11.5. The van der Waals surface area contributed by atoms with Crippen molar-refractivity contribution in [1.82, 2.24) is 9.13 Å². The number of fused-ring (bicyclic) bond motifs is 18. The molecule has 0 aliphatic heterocycles. The number of nitriles is 2. The van der Waals surface area contributed by atoms with Crippen LogP contribution in [0, 0.1) is 22.7 Å². The lowest BCUT2D eigenvalue weighted by molar-refractivity contribution is 1.13. The second-order valence-corrected chi connectivity index (χ2v) is 17.2. The van der Waals surface area contributed by atoms with Crippen molar-refractivity contribution in [3.63, 3.8) is 0 Å². The maximum atomic E-state index is 11.3. The lowest BCUT2D eigenvalue weighted by Gasteiger charge is -2.16. The van der Waals surface area contributed by atoms with Gasteiger partial charge in [0.25, 0.3) is 0 Å². The van der Waals surface area contributed by atoms with Crippen molar-refractivity contribution in [2.75, 3.05) is 0 Å². The molecule has 6 heteroatoms. The zero-order chi connectivity index (χ0) is 38.2. The molecule has 0 amide bonds. The van der Waals surface area contributed by atoms with E-state index in [9.17, 15) is 10.5 Å². The monoisotopic (exact) mass is 770 g/mol. The molecule has 13 rings (SSSR count). The predicted molar refractivity (Wildman–Crippen MR) is 245 cm³/mol. The Labute approximate surface area is 338 Å². The SMILES string of the molecule is N#Cc1cc(-n2c3ccc4ccccc4c3c3ccc4sc5ccccc5c4c32)c(C#N)cc1-n1c2ccc3ccccc3c2c2ccc3sc4ccccc4c3c21. The van der Waals surface area contributed by atoms with Gasteiger partial charge in [0.05, 0.1) is 44.6 Å². The third-order valence-electron chi connectivity index (χ3n) is 12.2. The average molecular weight is 771 g/mol. The Balaban J connectivity index is 1.21. The van der Waals surface area contributed by atoms with Gasteiger partial charge in [-0.2, -0.15) is 10.5 Å². The third kappa shape index (κ3) is 4.05. The van der Waals surface area contributed by atoms with E-state index in [0.717, 1.165) is 75.9 Å². The fourth-order valence-corrected chi connectivity index (χ4v) is 12.0. The molecule has 0 radical (unpaired) electrons. The van der Waals surface area contributed by atoms with Gasteiger partial charge in [0.2, 0.25) is 0 Å². The van der Waals surface area contributed by atoms with Crippen LogP contribution in [-0.4, -0.2) is 9.13 Å². The van der Waals surface area contributed by atoms with Crippen LogP contribution in [0.25, 0.3) is 117 Å². The topological polar surface area (TPSA) is 57.4 Å². The number of rotatable bonds is 2. The van der Waals surface area contributed by atoms with Gasteiger partial charge in [-0.3, -0.25) is 0 Å². The van der Waals surface area contributed by atoms with E-state index in [2.05, 4.69) is 167 Å². The summed E-state index contributed by atoms with van der Waals surface area (Å²) in [5, 5.41) is 36.3. The Kier molecular flexibility index (Phi) is 6.30. The van der Waals surface area contributed by atoms with Crippen LogP contribution in [0.2, 0.25) is 0 Å². The van der Waals surface area contributed by atoms with Gasteiger partial charge in [0.15, 0.2) is 0 Å². The molecule has 0 atom stereocenters. The Bertz CT molecular complexity index is 3790. The highest BCUT2D eigenvalue weighted by molar-refractivity contribution is 7.26. The van der Waals surface area contributed by atoms with Crippen LogP contribution in [0.3, 0.4) is 0 Å². The van der Waals surface area contributed by atoms with Crippen molar-refractivity contribution in [2.45, 2.75) is 0 Å². The lowest BCUT2D eigenvalue weighted by Crippen LogP contribution is -2.04. The maximum Gasteiger partial charge on any atom is 0.101 e. The summed E-state index contributed by atoms with van der Waals surface area (Å²) in [7, 11) is 0. The van der Waals surface area contributed by atoms with Gasteiger partial charge in [-0.25, -0.2) is 0 Å². The summed E-state index contributed by atoms with van der Waals surface area (Å²) >= 11 is 3.57. The molecule has 4 aromatic heterocycles. The van der Waals surface area contributed by atoms with E-state index in [1.54, 1.807) is 22.7 Å². The zero-order valence-electron chi connectivity index (χ0n) is 30.6. The Hall–Kier alpha value is -7.48. The van der Waals surface area contributed by atoms with Gasteiger partial charge >= 0.3 is 0 Å². The van der Waals surface area contributed by atoms with Crippen LogP contribution in [-0.2, 0) is 0 Å². The highest BCUT2D eigenvalue weighted by Gasteiger charge is 2.25. The number of aromatic nitrogens is 2. The first-order valence-corrected chi connectivity index (χ1v) is 20.8. The molecule has 58 heavy (non-hydrogen) atoms. The van der Waals surface area contributed by atoms with Crippen molar-refractivity contribution < 1.29 is 0 Å². The molecular formula is C52H26N4S2. The number of hydrogen-bond acceptors (Lipinski definition) is 4. The fourth-order valence-electron chi connectivity index (χ4n) is 9.79. The molecule has 0 fully saturated rings. The lowest BCUT2D eigenvalue weighted by atomic mass is 10.0. The molecule has 0 aliphatic carbocycles. The largest absolute Gasteiger partial charge is 0.307 e. The van der Waals surface area contributed by atoms with Crippen molar-refractivity contribution >= 4 is 128 Å². The summed E-state index contributed by atoms with van der Waals surface area (Å²) in [6.45, 7) is 0. The highest BCUT2D eigenvalue weighted by atomic mass is 32.1. The van der Waals surface area contributed by atoms with Crippen LogP contribution in [0.4, 0.5) is 0 Å². The normalized spacial score (nSPS) is 12.1. The van der Waals surface area contributed by atoms with E-state index in [4.69, 9.17) is 0 Å². The molecule has 4 heterocycles. The van der Waals surface area contributed by atoms with Gasteiger partial charge in [-0.15, -0.1) is 22.7 Å². The minimum Gasteiger partial charge on any atom is -0.307 e. The van der Waals surface area contributed by atoms with E-state index in [-0.39, 0.29) is 0 Å². The van der Waals surface area contributed by atoms with Crippen molar-refractivity contribution in [3.05, 3.63) is 169 Å². The van der Waals surface area contributed by atoms with Crippen molar-refractivity contribution in [2.24, 2.45) is 0 Å². The van der Waals surface area contributed by atoms with E-state index in [1.165, 1.54) is 29.6 Å². The molecular weight excluding hydrogens is 745 g/mol. The minimum atomic E-state index is 0.496. The van der Waals surface area contributed by atoms with E-state index in [1.807, 2.05) is 12.1 Å². The van der Waals surface area contributed by atoms with Crippen LogP contribution >= 0.6 is 22.7 Å². The summed E-state index contributed by atoms with van der Waals surface area (Å²) in [6.07, 6.45) is 0. The average Bonchev–Trinajstić information content (AvgIpc) is 4.03. The number of hydrogen-bond donors (Lipinski definition) is 0. The maximum absolute atomic E-state index is 11.3. The predicted octanol–water partition coefficient (Wildman–Crippen LogP) is 14.7. The first kappa shape index (κ1) is 31.7. The number of nitrogens with zero attached hydrogens (tertiary/aromatic N) is 4. The first-order chi connectivity index (χ1) is 28.7. The Morgan fingerprint density at radius 3 is 1.22 bits per heavy atom. The van der Waals surface area contributed by atoms with Crippen LogP contribution in [0.1, 0.15) is 11.1 Å². The molecule has 4 nitrogen and oxygen atoms in total. The quantitative estimate of drug-likeness (QED) is 0.176. The molecule has 0 saturated heterocycles. The first-order valence-electron chi connectivity index (χ1n) is 19.2. The van der Waals surface area contributed by atoms with Crippen LogP contribution < -0.4 is 0 Å². The molecule has 0 spiro atoms. The third-order valence-corrected chi connectivity index (χ3v) is 14.4. The summed E-state index contributed by atoms with van der Waals surface area (Å²) < 4.78 is 9.31. The molecule has 9 aromatic carbocycles. The number of thiophene rings is 2. The van der Waals surface area contributed by atoms with Gasteiger partial charge < -0.3 is 9.13 Å².